The first-order valence-corrected chi connectivity index (χ1v) is 9.21. The molecular formula is C21H23FN4O. The van der Waals surface area contributed by atoms with Crippen LogP contribution in [0.25, 0.3) is 10.9 Å². The van der Waals surface area contributed by atoms with Gasteiger partial charge in [0.25, 0.3) is 5.56 Å². The number of aromatic amines is 1. The van der Waals surface area contributed by atoms with E-state index in [1.165, 1.54) is 0 Å². The third-order valence-electron chi connectivity index (χ3n) is 5.15. The number of benzene rings is 1. The van der Waals surface area contributed by atoms with Crippen LogP contribution in [0.5, 0.6) is 0 Å². The zero-order valence-corrected chi connectivity index (χ0v) is 15.6. The Hall–Kier alpha value is -2.73. The summed E-state index contributed by atoms with van der Waals surface area (Å²) in [6.07, 6.45) is 1.89. The Balaban J connectivity index is 1.46. The second-order valence-electron chi connectivity index (χ2n) is 7.28. The molecular weight excluding hydrogens is 343 g/mol. The molecule has 1 fully saturated rings. The quantitative estimate of drug-likeness (QED) is 0.774. The van der Waals surface area contributed by atoms with Crippen LogP contribution in [0.4, 0.5) is 10.2 Å². The van der Waals surface area contributed by atoms with Crippen molar-refractivity contribution in [3.63, 3.8) is 0 Å². The van der Waals surface area contributed by atoms with Crippen molar-refractivity contribution >= 4 is 16.7 Å². The Bertz CT molecular complexity index is 1020. The number of rotatable bonds is 3. The molecule has 1 N–H and O–H groups in total. The molecule has 2 aromatic heterocycles. The molecule has 0 atom stereocenters. The van der Waals surface area contributed by atoms with Gasteiger partial charge in [-0.05, 0) is 49.2 Å². The van der Waals surface area contributed by atoms with E-state index in [0.29, 0.717) is 23.0 Å². The average molecular weight is 366 g/mol. The highest BCUT2D eigenvalue weighted by Crippen LogP contribution is 2.20. The average Bonchev–Trinajstić information content (AvgIpc) is 2.65. The molecule has 1 aliphatic rings. The predicted octanol–water partition coefficient (Wildman–Crippen LogP) is 3.00. The predicted molar refractivity (Wildman–Crippen MR) is 106 cm³/mol. The molecule has 0 aliphatic carbocycles. The Morgan fingerprint density at radius 2 is 1.89 bits per heavy atom. The largest absolute Gasteiger partial charge is 0.354 e. The third kappa shape index (κ3) is 3.71. The summed E-state index contributed by atoms with van der Waals surface area (Å²) in [7, 11) is 0. The van der Waals surface area contributed by atoms with E-state index < -0.39 is 0 Å². The van der Waals surface area contributed by atoms with Crippen LogP contribution in [0, 0.1) is 19.7 Å². The fourth-order valence-electron chi connectivity index (χ4n) is 3.56. The number of pyridine rings is 2. The summed E-state index contributed by atoms with van der Waals surface area (Å²) in [5, 5.41) is 0.464. The van der Waals surface area contributed by atoms with Crippen LogP contribution < -0.4 is 10.5 Å². The van der Waals surface area contributed by atoms with Gasteiger partial charge in [-0.3, -0.25) is 9.69 Å². The number of H-pyrrole nitrogens is 1. The number of anilines is 1. The van der Waals surface area contributed by atoms with Crippen LogP contribution in [-0.2, 0) is 6.54 Å². The Kier molecular flexibility index (Phi) is 4.66. The molecule has 5 nitrogen and oxygen atoms in total. The van der Waals surface area contributed by atoms with Gasteiger partial charge in [-0.15, -0.1) is 0 Å². The minimum Gasteiger partial charge on any atom is -0.354 e. The maximum atomic E-state index is 14.5. The van der Waals surface area contributed by atoms with Crippen molar-refractivity contribution < 1.29 is 4.39 Å². The molecule has 140 valence electrons. The summed E-state index contributed by atoms with van der Waals surface area (Å²) >= 11 is 0. The van der Waals surface area contributed by atoms with Crippen molar-refractivity contribution in [1.29, 1.82) is 0 Å². The fraction of sp³-hybridized carbons (Fsp3) is 0.333. The zero-order valence-electron chi connectivity index (χ0n) is 15.6. The molecule has 3 heterocycles. The molecule has 0 amide bonds. The number of nitrogens with one attached hydrogen (secondary N) is 1. The van der Waals surface area contributed by atoms with Gasteiger partial charge in [0, 0.05) is 49.9 Å². The molecule has 0 bridgehead atoms. The van der Waals surface area contributed by atoms with Gasteiger partial charge in [0.15, 0.2) is 0 Å². The van der Waals surface area contributed by atoms with Crippen molar-refractivity contribution in [2.45, 2.75) is 20.4 Å². The van der Waals surface area contributed by atoms with Crippen LogP contribution in [-0.4, -0.2) is 41.0 Å². The number of aromatic nitrogens is 2. The van der Waals surface area contributed by atoms with E-state index in [2.05, 4.69) is 31.9 Å². The number of halogens is 1. The van der Waals surface area contributed by atoms with Gasteiger partial charge >= 0.3 is 0 Å². The summed E-state index contributed by atoms with van der Waals surface area (Å²) in [5.41, 5.74) is 2.95. The molecule has 4 rings (SSSR count). The second-order valence-corrected chi connectivity index (χ2v) is 7.28. The van der Waals surface area contributed by atoms with Crippen molar-refractivity contribution in [2.75, 3.05) is 31.1 Å². The van der Waals surface area contributed by atoms with Crippen molar-refractivity contribution in [2.24, 2.45) is 0 Å². The summed E-state index contributed by atoms with van der Waals surface area (Å²) in [6.45, 7) is 7.95. The standard InChI is InChI=1S/C21H23FN4O/c1-14-3-4-20(23-12-14)26-7-5-25(6-8-26)13-16-10-18(22)17-9-15(2)21(27)24-19(17)11-16/h3-4,9-12H,5-8,13H2,1-2H3,(H,24,27). The molecule has 0 saturated carbocycles. The molecule has 1 aliphatic heterocycles. The van der Waals surface area contributed by atoms with E-state index in [1.54, 1.807) is 19.1 Å². The van der Waals surface area contributed by atoms with E-state index in [1.807, 2.05) is 19.2 Å². The van der Waals surface area contributed by atoms with E-state index in [4.69, 9.17) is 0 Å². The normalized spacial score (nSPS) is 15.4. The highest BCUT2D eigenvalue weighted by Gasteiger charge is 2.18. The highest BCUT2D eigenvalue weighted by molar-refractivity contribution is 5.80. The molecule has 1 aromatic carbocycles. The lowest BCUT2D eigenvalue weighted by Gasteiger charge is -2.35. The van der Waals surface area contributed by atoms with Crippen molar-refractivity contribution in [3.8, 4) is 0 Å². The van der Waals surface area contributed by atoms with E-state index >= 15 is 0 Å². The van der Waals surface area contributed by atoms with Crippen LogP contribution in [0.2, 0.25) is 0 Å². The van der Waals surface area contributed by atoms with Crippen LogP contribution in [0.15, 0.2) is 41.3 Å². The number of hydrogen-bond acceptors (Lipinski definition) is 4. The highest BCUT2D eigenvalue weighted by atomic mass is 19.1. The monoisotopic (exact) mass is 366 g/mol. The fourth-order valence-corrected chi connectivity index (χ4v) is 3.56. The van der Waals surface area contributed by atoms with Gasteiger partial charge in [0.05, 0.1) is 5.52 Å². The molecule has 0 unspecified atom stereocenters. The summed E-state index contributed by atoms with van der Waals surface area (Å²) in [6, 6.07) is 9.21. The minimum atomic E-state index is -0.288. The topological polar surface area (TPSA) is 52.2 Å². The lowest BCUT2D eigenvalue weighted by Crippen LogP contribution is -2.46. The number of fused-ring (bicyclic) bond motifs is 1. The molecule has 3 aromatic rings. The SMILES string of the molecule is Cc1ccc(N2CCN(Cc3cc(F)c4cc(C)c(=O)[nH]c4c3)CC2)nc1. The lowest BCUT2D eigenvalue weighted by atomic mass is 10.1. The Morgan fingerprint density at radius 3 is 2.59 bits per heavy atom. The summed E-state index contributed by atoms with van der Waals surface area (Å²) < 4.78 is 14.5. The van der Waals surface area contributed by atoms with Crippen LogP contribution >= 0.6 is 0 Å². The van der Waals surface area contributed by atoms with E-state index in [9.17, 15) is 9.18 Å². The summed E-state index contributed by atoms with van der Waals surface area (Å²) in [5.74, 6) is 0.717. The van der Waals surface area contributed by atoms with Crippen LogP contribution in [0.1, 0.15) is 16.7 Å². The molecule has 0 spiro atoms. The van der Waals surface area contributed by atoms with E-state index in [-0.39, 0.29) is 11.4 Å². The molecule has 27 heavy (non-hydrogen) atoms. The van der Waals surface area contributed by atoms with Gasteiger partial charge in [0.2, 0.25) is 0 Å². The maximum absolute atomic E-state index is 14.5. The van der Waals surface area contributed by atoms with E-state index in [0.717, 1.165) is 43.1 Å². The number of nitrogens with zero attached hydrogens (tertiary/aromatic N) is 3. The van der Waals surface area contributed by atoms with Crippen LogP contribution in [0.3, 0.4) is 0 Å². The number of aryl methyl sites for hydroxylation is 2. The lowest BCUT2D eigenvalue weighted by molar-refractivity contribution is 0.249. The Morgan fingerprint density at radius 1 is 1.11 bits per heavy atom. The smallest absolute Gasteiger partial charge is 0.251 e. The van der Waals surface area contributed by atoms with Gasteiger partial charge < -0.3 is 9.88 Å². The number of piperazine rings is 1. The first-order valence-electron chi connectivity index (χ1n) is 9.21. The molecule has 1 saturated heterocycles. The zero-order chi connectivity index (χ0) is 19.0. The second kappa shape index (κ2) is 7.12. The van der Waals surface area contributed by atoms with Crippen molar-refractivity contribution in [1.82, 2.24) is 14.9 Å². The first kappa shape index (κ1) is 17.7. The van der Waals surface area contributed by atoms with Gasteiger partial charge in [-0.1, -0.05) is 6.07 Å². The Labute approximate surface area is 157 Å². The summed E-state index contributed by atoms with van der Waals surface area (Å²) in [4.78, 5) is 23.7. The minimum absolute atomic E-state index is 0.168. The van der Waals surface area contributed by atoms with Crippen molar-refractivity contribution in [3.05, 3.63) is 69.4 Å². The number of hydrogen-bond donors (Lipinski definition) is 1. The molecule has 0 radical (unpaired) electrons. The maximum Gasteiger partial charge on any atom is 0.251 e. The van der Waals surface area contributed by atoms with Gasteiger partial charge in [0.1, 0.15) is 11.6 Å². The van der Waals surface area contributed by atoms with Gasteiger partial charge in [-0.25, -0.2) is 9.37 Å². The molecule has 6 heteroatoms. The first-order chi connectivity index (χ1) is 13.0. The van der Waals surface area contributed by atoms with Gasteiger partial charge in [-0.2, -0.15) is 0 Å². The third-order valence-corrected chi connectivity index (χ3v) is 5.15.